The van der Waals surface area contributed by atoms with Crippen LogP contribution in [0.1, 0.15) is 158 Å². The summed E-state index contributed by atoms with van der Waals surface area (Å²) in [5.41, 5.74) is 7.28. The number of H-pyrrole nitrogens is 1. The summed E-state index contributed by atoms with van der Waals surface area (Å²) < 4.78 is 35.8. The van der Waals surface area contributed by atoms with Crippen molar-refractivity contribution in [3.8, 4) is 5.75 Å². The molecule has 0 aliphatic carbocycles. The normalized spacial score (nSPS) is 14.5. The standard InChI is InChI=1S/C53H74N6O5S/c1-6-9-11-13-15-16-17-18-20-22-35-64-59-52(57-51-49(31-32-54-51)65(59,61)62)50(55-45-28-29-47-43(39-45)24-23-33-58(47)8-3)53(60)56-46-38-42(27-26-41(46)5)37-44-36-40(4)25-30-48(44)63-34-21-19-14-12-10-7-2/h25-32,36,38-39,54H,6-24,33-35,37H2,1-5H3,(H,56,60). The number of aromatic nitrogens is 1. The van der Waals surface area contributed by atoms with Gasteiger partial charge in [0.2, 0.25) is 5.84 Å². The number of hydroxylamine groups is 1. The summed E-state index contributed by atoms with van der Waals surface area (Å²) >= 11 is 0. The number of nitrogens with zero attached hydrogens (tertiary/aromatic N) is 4. The van der Waals surface area contributed by atoms with Crippen LogP contribution in [0.5, 0.6) is 5.75 Å². The SMILES string of the molecule is CCCCCCCCCCCCON1C(C(=Nc2ccc3c(c2)CCCN3CC)C(=O)Nc2cc(Cc3cc(C)ccc3OCCCCCCCC)ccc2C)=Nc2[nH]ccc2S1(=O)=O. The first-order chi connectivity index (χ1) is 31.6. The number of anilines is 2. The molecule has 2 aliphatic heterocycles. The fraction of sp³-hybridized carbons (Fsp3) is 0.528. The summed E-state index contributed by atoms with van der Waals surface area (Å²) in [7, 11) is -4.27. The van der Waals surface area contributed by atoms with Crippen molar-refractivity contribution in [2.75, 3.05) is 36.5 Å². The van der Waals surface area contributed by atoms with E-state index in [9.17, 15) is 13.2 Å². The number of fused-ring (bicyclic) bond motifs is 2. The molecular weight excluding hydrogens is 833 g/mol. The summed E-state index contributed by atoms with van der Waals surface area (Å²) in [6.45, 7) is 13.3. The van der Waals surface area contributed by atoms with Gasteiger partial charge in [-0.15, -0.1) is 4.47 Å². The molecule has 1 amide bonds. The van der Waals surface area contributed by atoms with Crippen LogP contribution in [0, 0.1) is 13.8 Å². The van der Waals surface area contributed by atoms with Crippen LogP contribution in [0.4, 0.5) is 22.9 Å². The molecule has 0 unspecified atom stereocenters. The van der Waals surface area contributed by atoms with Gasteiger partial charge in [-0.1, -0.05) is 134 Å². The molecule has 0 atom stereocenters. The Hall–Kier alpha value is -4.94. The number of carbonyl (C=O) groups is 1. The van der Waals surface area contributed by atoms with E-state index in [1.807, 2.05) is 37.3 Å². The highest BCUT2D eigenvalue weighted by molar-refractivity contribution is 7.90. The second kappa shape index (κ2) is 25.1. The Labute approximate surface area is 389 Å². The van der Waals surface area contributed by atoms with E-state index in [0.29, 0.717) is 30.8 Å². The van der Waals surface area contributed by atoms with Gasteiger partial charge in [-0.3, -0.25) is 9.63 Å². The third-order valence-corrected chi connectivity index (χ3v) is 14.1. The van der Waals surface area contributed by atoms with Gasteiger partial charge in [0.1, 0.15) is 10.6 Å². The van der Waals surface area contributed by atoms with Gasteiger partial charge in [0.05, 0.1) is 18.9 Å². The molecule has 4 aromatic rings. The van der Waals surface area contributed by atoms with E-state index in [4.69, 9.17) is 19.6 Å². The monoisotopic (exact) mass is 907 g/mol. The van der Waals surface area contributed by atoms with E-state index in [1.54, 1.807) is 0 Å². The molecule has 12 heteroatoms. The molecule has 0 bridgehead atoms. The van der Waals surface area contributed by atoms with Gasteiger partial charge in [0, 0.05) is 37.1 Å². The summed E-state index contributed by atoms with van der Waals surface area (Å²) in [6.07, 6.45) is 22.5. The predicted molar refractivity (Wildman–Crippen MR) is 267 cm³/mol. The van der Waals surface area contributed by atoms with Crippen LogP contribution >= 0.6 is 0 Å². The maximum atomic E-state index is 14.9. The molecule has 0 saturated carbocycles. The highest BCUT2D eigenvalue weighted by Crippen LogP contribution is 2.35. The molecule has 3 aromatic carbocycles. The quantitative estimate of drug-likeness (QED) is 0.0453. The number of benzene rings is 3. The smallest absolute Gasteiger partial charge is 0.292 e. The number of sulfonamides is 1. The van der Waals surface area contributed by atoms with E-state index >= 15 is 0 Å². The third kappa shape index (κ3) is 13.8. The number of hydrogen-bond donors (Lipinski definition) is 2. The molecule has 65 heavy (non-hydrogen) atoms. The minimum atomic E-state index is -4.27. The number of hydrogen-bond acceptors (Lipinski definition) is 8. The Kier molecular flexibility index (Phi) is 19.1. The van der Waals surface area contributed by atoms with Gasteiger partial charge >= 0.3 is 0 Å². The van der Waals surface area contributed by atoms with Crippen LogP contribution in [0.15, 0.2) is 81.7 Å². The zero-order valence-electron chi connectivity index (χ0n) is 39.9. The first-order valence-corrected chi connectivity index (χ1v) is 26.1. The van der Waals surface area contributed by atoms with Crippen molar-refractivity contribution in [1.29, 1.82) is 0 Å². The number of unbranched alkanes of at least 4 members (excludes halogenated alkanes) is 14. The van der Waals surface area contributed by atoms with Crippen molar-refractivity contribution in [3.05, 3.63) is 94.7 Å². The van der Waals surface area contributed by atoms with E-state index < -0.39 is 15.9 Å². The van der Waals surface area contributed by atoms with E-state index in [0.717, 1.165) is 102 Å². The lowest BCUT2D eigenvalue weighted by atomic mass is 10.00. The fourth-order valence-corrected chi connectivity index (χ4v) is 10.1. The Bertz CT molecular complexity index is 2340. The molecule has 2 N–H and O–H groups in total. The highest BCUT2D eigenvalue weighted by atomic mass is 32.2. The van der Waals surface area contributed by atoms with Gasteiger partial charge < -0.3 is 19.9 Å². The summed E-state index contributed by atoms with van der Waals surface area (Å²) in [5, 5.41) is 3.12. The average molecular weight is 907 g/mol. The molecule has 6 rings (SSSR count). The second-order valence-electron chi connectivity index (χ2n) is 17.8. The van der Waals surface area contributed by atoms with Crippen LogP contribution < -0.4 is 15.0 Å². The predicted octanol–water partition coefficient (Wildman–Crippen LogP) is 13.0. The van der Waals surface area contributed by atoms with Gasteiger partial charge in [-0.05, 0) is 105 Å². The van der Waals surface area contributed by atoms with Crippen molar-refractivity contribution < 1.29 is 22.8 Å². The third-order valence-electron chi connectivity index (χ3n) is 12.5. The number of ether oxygens (including phenoxy) is 1. The Morgan fingerprint density at radius 3 is 2.20 bits per heavy atom. The Morgan fingerprint density at radius 1 is 0.800 bits per heavy atom. The van der Waals surface area contributed by atoms with Crippen molar-refractivity contribution >= 4 is 50.4 Å². The Balaban J connectivity index is 1.26. The van der Waals surface area contributed by atoms with Crippen molar-refractivity contribution in [2.24, 2.45) is 9.98 Å². The van der Waals surface area contributed by atoms with E-state index in [-0.39, 0.29) is 28.9 Å². The summed E-state index contributed by atoms with van der Waals surface area (Å²) in [5.74, 6) is 0.190. The van der Waals surface area contributed by atoms with E-state index in [1.165, 1.54) is 76.5 Å². The minimum Gasteiger partial charge on any atom is -0.493 e. The largest absolute Gasteiger partial charge is 0.493 e. The molecule has 1 aromatic heterocycles. The van der Waals surface area contributed by atoms with Crippen LogP contribution in [-0.4, -0.2) is 61.6 Å². The molecule has 0 saturated heterocycles. The van der Waals surface area contributed by atoms with Gasteiger partial charge in [0.15, 0.2) is 11.5 Å². The molecule has 0 spiro atoms. The van der Waals surface area contributed by atoms with Crippen molar-refractivity contribution in [2.45, 2.75) is 162 Å². The number of aliphatic imine (C=N–C) groups is 2. The highest BCUT2D eigenvalue weighted by Gasteiger charge is 2.40. The number of aromatic amines is 1. The van der Waals surface area contributed by atoms with Gasteiger partial charge in [-0.2, -0.15) is 8.42 Å². The number of amides is 1. The minimum absolute atomic E-state index is 0.0208. The summed E-state index contributed by atoms with van der Waals surface area (Å²) in [6, 6.07) is 19.7. The zero-order chi connectivity index (χ0) is 46.0. The number of amidine groups is 1. The van der Waals surface area contributed by atoms with Crippen LogP contribution in [0.2, 0.25) is 0 Å². The average Bonchev–Trinajstić information content (AvgIpc) is 3.79. The molecule has 2 aliphatic rings. The first-order valence-electron chi connectivity index (χ1n) is 24.7. The molecule has 352 valence electrons. The molecule has 0 fully saturated rings. The van der Waals surface area contributed by atoms with Gasteiger partial charge in [-0.25, -0.2) is 9.98 Å². The molecular formula is C53H74N6O5S. The van der Waals surface area contributed by atoms with Gasteiger partial charge in [0.25, 0.3) is 15.9 Å². The maximum Gasteiger partial charge on any atom is 0.292 e. The van der Waals surface area contributed by atoms with Crippen molar-refractivity contribution in [3.63, 3.8) is 0 Å². The molecule has 0 radical (unpaired) electrons. The number of carbonyl (C=O) groups excluding carboxylic acids is 1. The zero-order valence-corrected chi connectivity index (χ0v) is 40.7. The molecule has 11 nitrogen and oxygen atoms in total. The Morgan fingerprint density at radius 2 is 1.49 bits per heavy atom. The fourth-order valence-electron chi connectivity index (χ4n) is 8.76. The van der Waals surface area contributed by atoms with Crippen LogP contribution in [0.3, 0.4) is 0 Å². The number of aryl methyl sites for hydroxylation is 3. The van der Waals surface area contributed by atoms with Crippen molar-refractivity contribution in [1.82, 2.24) is 9.45 Å². The first kappa shape index (κ1) is 49.5. The topological polar surface area (TPSA) is 129 Å². The lowest BCUT2D eigenvalue weighted by Crippen LogP contribution is -2.46. The van der Waals surface area contributed by atoms with E-state index in [2.05, 4.69) is 67.2 Å². The molecule has 3 heterocycles. The maximum absolute atomic E-state index is 14.9. The lowest BCUT2D eigenvalue weighted by molar-refractivity contribution is -0.110. The second-order valence-corrected chi connectivity index (χ2v) is 19.6. The van der Waals surface area contributed by atoms with Crippen LogP contribution in [0.25, 0.3) is 0 Å². The summed E-state index contributed by atoms with van der Waals surface area (Å²) in [4.78, 5) is 36.0. The number of nitrogens with one attached hydrogen (secondary N) is 2. The number of rotatable bonds is 27. The van der Waals surface area contributed by atoms with Crippen LogP contribution in [-0.2, 0) is 32.5 Å². The lowest BCUT2D eigenvalue weighted by Gasteiger charge is -2.30.